The maximum atomic E-state index is 13.1. The Labute approximate surface area is 202 Å². The Morgan fingerprint density at radius 3 is 2.15 bits per heavy atom. The van der Waals surface area contributed by atoms with Crippen LogP contribution >= 0.6 is 0 Å². The minimum absolute atomic E-state index is 0.136. The number of nitrogens with two attached hydrogens (primary N) is 1. The summed E-state index contributed by atoms with van der Waals surface area (Å²) >= 11 is 0. The zero-order valence-electron chi connectivity index (χ0n) is 22.1. The molecule has 0 bridgehead atoms. The Kier molecular flexibility index (Phi) is 16.2. The Morgan fingerprint density at radius 1 is 0.939 bits per heavy atom. The fraction of sp³-hybridized carbons (Fsp3) is 0.500. The Hall–Kier alpha value is -2.82. The first-order chi connectivity index (χ1) is 15.7. The topological polar surface area (TPSA) is 79.5 Å². The molecule has 0 aliphatic rings. The molecule has 0 amide bonds. The molecule has 0 heterocycles. The zero-order chi connectivity index (χ0) is 25.2. The summed E-state index contributed by atoms with van der Waals surface area (Å²) in [4.78, 5) is 17.8. The second-order valence-electron chi connectivity index (χ2n) is 8.15. The van der Waals surface area contributed by atoms with Gasteiger partial charge in [-0.05, 0) is 77.2 Å². The van der Waals surface area contributed by atoms with Crippen LogP contribution in [0.1, 0.15) is 87.5 Å². The van der Waals surface area contributed by atoms with E-state index in [2.05, 4.69) is 55.5 Å². The van der Waals surface area contributed by atoms with Crippen LogP contribution in [0.4, 0.5) is 0 Å². The number of nitrogens with zero attached hydrogens (tertiary/aromatic N) is 1. The first-order valence-corrected chi connectivity index (χ1v) is 12.2. The molecule has 0 saturated carbocycles. The number of hydrogen-bond acceptors (Lipinski definition) is 4. The van der Waals surface area contributed by atoms with Crippen molar-refractivity contribution in [2.24, 2.45) is 10.7 Å². The van der Waals surface area contributed by atoms with Crippen LogP contribution in [0.15, 0.2) is 75.4 Å². The van der Waals surface area contributed by atoms with Crippen molar-refractivity contribution >= 4 is 11.6 Å². The summed E-state index contributed by atoms with van der Waals surface area (Å²) in [5, 5.41) is 6.51. The van der Waals surface area contributed by atoms with Crippen LogP contribution < -0.4 is 16.4 Å². The number of nitrogens with one attached hydrogen (secondary N) is 2. The average Bonchev–Trinajstić information content (AvgIpc) is 2.79. The van der Waals surface area contributed by atoms with E-state index < -0.39 is 0 Å². The summed E-state index contributed by atoms with van der Waals surface area (Å²) in [7, 11) is 0. The highest BCUT2D eigenvalue weighted by molar-refractivity contribution is 6.08. The van der Waals surface area contributed by atoms with Gasteiger partial charge in [-0.3, -0.25) is 9.79 Å². The standard InChI is InChI=1S/C28H46N4O/c1-9-13-15-17-26(30-20-14-10-2)31-25(12-4)32-27(24(8)29)28(33)23(7)19-18-22(6)21(5)16-11-3/h12,15-19,32H,9-11,13-14,20,29H2,1-8H3,(H,30,31)/b17-15+,21-16+,22-18-,23-19+,25-12+,27-24+. The van der Waals surface area contributed by atoms with E-state index in [9.17, 15) is 4.79 Å². The smallest absolute Gasteiger partial charge is 0.206 e. The normalized spacial score (nSPS) is 15.1. The molecule has 0 aliphatic heterocycles. The van der Waals surface area contributed by atoms with Crippen molar-refractivity contribution in [1.82, 2.24) is 10.6 Å². The second-order valence-corrected chi connectivity index (χ2v) is 8.15. The van der Waals surface area contributed by atoms with Crippen LogP contribution in [0, 0.1) is 0 Å². The van der Waals surface area contributed by atoms with Gasteiger partial charge in [0.1, 0.15) is 17.4 Å². The highest BCUT2D eigenvalue weighted by atomic mass is 16.1. The zero-order valence-corrected chi connectivity index (χ0v) is 22.1. The number of Topliss-reactive ketones (excluding diaryl/α,β-unsaturated/α-hetero) is 1. The predicted molar refractivity (Wildman–Crippen MR) is 145 cm³/mol. The summed E-state index contributed by atoms with van der Waals surface area (Å²) in [5.74, 6) is 1.30. The van der Waals surface area contributed by atoms with Gasteiger partial charge >= 0.3 is 0 Å². The fourth-order valence-corrected chi connectivity index (χ4v) is 2.76. The SMILES string of the molecule is C/C=C(\NC(/C=C/CCC)=NCCCC)N/C(C(=O)/C(C)=C/C=C(C)\C(C)=C\CC)=C(\C)N. The van der Waals surface area contributed by atoms with Crippen LogP contribution in [-0.2, 0) is 4.79 Å². The van der Waals surface area contributed by atoms with Gasteiger partial charge in [0.2, 0.25) is 5.78 Å². The lowest BCUT2D eigenvalue weighted by Gasteiger charge is -2.17. The molecule has 0 radical (unpaired) electrons. The molecule has 0 saturated heterocycles. The number of carbonyl (C=O) groups is 1. The molecule has 0 aromatic heterocycles. The highest BCUT2D eigenvalue weighted by Gasteiger charge is 2.15. The fourth-order valence-electron chi connectivity index (χ4n) is 2.76. The molecule has 5 nitrogen and oxygen atoms in total. The van der Waals surface area contributed by atoms with Crippen molar-refractivity contribution < 1.29 is 4.79 Å². The number of hydrogen-bond donors (Lipinski definition) is 3. The molecule has 0 rings (SSSR count). The summed E-state index contributed by atoms with van der Waals surface area (Å²) in [5.41, 5.74) is 9.85. The largest absolute Gasteiger partial charge is 0.400 e. The monoisotopic (exact) mass is 454 g/mol. The number of carbonyl (C=O) groups excluding carboxylic acids is 1. The van der Waals surface area contributed by atoms with E-state index in [1.807, 2.05) is 45.1 Å². The molecule has 0 aromatic carbocycles. The van der Waals surface area contributed by atoms with E-state index >= 15 is 0 Å². The average molecular weight is 455 g/mol. The second kappa shape index (κ2) is 17.7. The van der Waals surface area contributed by atoms with Gasteiger partial charge in [-0.2, -0.15) is 0 Å². The molecular formula is C28H46N4O. The molecular weight excluding hydrogens is 408 g/mol. The number of unbranched alkanes of at least 4 members (excludes halogenated alkanes) is 2. The molecule has 184 valence electrons. The minimum atomic E-state index is -0.136. The number of amidine groups is 1. The van der Waals surface area contributed by atoms with Gasteiger partial charge in [-0.15, -0.1) is 0 Å². The van der Waals surface area contributed by atoms with Crippen molar-refractivity contribution in [3.05, 3.63) is 70.4 Å². The van der Waals surface area contributed by atoms with Crippen molar-refractivity contribution in [1.29, 1.82) is 0 Å². The Bertz CT molecular complexity index is 832. The molecule has 33 heavy (non-hydrogen) atoms. The Morgan fingerprint density at radius 2 is 1.61 bits per heavy atom. The van der Waals surface area contributed by atoms with E-state index in [4.69, 9.17) is 5.73 Å². The van der Waals surface area contributed by atoms with Crippen LogP contribution in [0.5, 0.6) is 0 Å². The number of allylic oxidation sites excluding steroid dienone is 9. The van der Waals surface area contributed by atoms with Crippen LogP contribution in [0.3, 0.4) is 0 Å². The maximum absolute atomic E-state index is 13.1. The molecule has 0 aliphatic carbocycles. The van der Waals surface area contributed by atoms with Crippen molar-refractivity contribution in [3.63, 3.8) is 0 Å². The van der Waals surface area contributed by atoms with E-state index in [0.29, 0.717) is 22.8 Å². The van der Waals surface area contributed by atoms with Gasteiger partial charge in [-0.25, -0.2) is 0 Å². The third-order valence-electron chi connectivity index (χ3n) is 5.03. The summed E-state index contributed by atoms with van der Waals surface area (Å²) in [6.07, 6.45) is 17.1. The van der Waals surface area contributed by atoms with Gasteiger partial charge in [0.25, 0.3) is 0 Å². The lowest BCUT2D eigenvalue weighted by atomic mass is 10.0. The first-order valence-electron chi connectivity index (χ1n) is 12.2. The third-order valence-corrected chi connectivity index (χ3v) is 5.03. The predicted octanol–water partition coefficient (Wildman–Crippen LogP) is 6.59. The molecule has 5 heteroatoms. The maximum Gasteiger partial charge on any atom is 0.206 e. The van der Waals surface area contributed by atoms with Gasteiger partial charge in [0.15, 0.2) is 0 Å². The molecule has 0 aromatic rings. The van der Waals surface area contributed by atoms with Crippen LogP contribution in [-0.4, -0.2) is 18.2 Å². The minimum Gasteiger partial charge on any atom is -0.400 e. The van der Waals surface area contributed by atoms with Crippen LogP contribution in [0.25, 0.3) is 0 Å². The molecule has 0 fully saturated rings. The molecule has 0 unspecified atom stereocenters. The highest BCUT2D eigenvalue weighted by Crippen LogP contribution is 2.12. The first kappa shape index (κ1) is 30.2. The van der Waals surface area contributed by atoms with Gasteiger partial charge < -0.3 is 16.4 Å². The van der Waals surface area contributed by atoms with E-state index in [-0.39, 0.29) is 5.78 Å². The third kappa shape index (κ3) is 12.7. The van der Waals surface area contributed by atoms with E-state index in [0.717, 1.165) is 50.1 Å². The molecule has 4 N–H and O–H groups in total. The van der Waals surface area contributed by atoms with Crippen LogP contribution in [0.2, 0.25) is 0 Å². The molecule has 0 spiro atoms. The number of ketones is 1. The van der Waals surface area contributed by atoms with Crippen molar-refractivity contribution in [2.45, 2.75) is 87.5 Å². The van der Waals surface area contributed by atoms with Gasteiger partial charge in [0, 0.05) is 12.2 Å². The lowest BCUT2D eigenvalue weighted by molar-refractivity contribution is -0.112. The van der Waals surface area contributed by atoms with E-state index in [1.165, 1.54) is 5.57 Å². The number of aliphatic imine (C=N–C) groups is 1. The van der Waals surface area contributed by atoms with Crippen molar-refractivity contribution in [3.8, 4) is 0 Å². The quantitative estimate of drug-likeness (QED) is 0.0909. The van der Waals surface area contributed by atoms with Crippen molar-refractivity contribution in [2.75, 3.05) is 6.54 Å². The summed E-state index contributed by atoms with van der Waals surface area (Å²) in [6, 6.07) is 0. The summed E-state index contributed by atoms with van der Waals surface area (Å²) < 4.78 is 0. The lowest BCUT2D eigenvalue weighted by Crippen LogP contribution is -2.34. The number of rotatable bonds is 14. The van der Waals surface area contributed by atoms with Gasteiger partial charge in [0.05, 0.1) is 0 Å². The van der Waals surface area contributed by atoms with E-state index in [1.54, 1.807) is 6.92 Å². The molecule has 0 atom stereocenters. The Balaban J connectivity index is 5.66. The van der Waals surface area contributed by atoms with Gasteiger partial charge in [-0.1, -0.05) is 63.5 Å². The summed E-state index contributed by atoms with van der Waals surface area (Å²) in [6.45, 7) is 16.7.